The molecule has 174 valence electrons. The van der Waals surface area contributed by atoms with Gasteiger partial charge in [0.05, 0.1) is 18.2 Å². The topological polar surface area (TPSA) is 66.8 Å². The van der Waals surface area contributed by atoms with Gasteiger partial charge in [-0.2, -0.15) is 0 Å². The van der Waals surface area contributed by atoms with Crippen LogP contribution in [0.25, 0.3) is 0 Å². The number of ether oxygens (including phenoxy) is 1. The summed E-state index contributed by atoms with van der Waals surface area (Å²) in [5, 5.41) is 9.01. The van der Waals surface area contributed by atoms with Gasteiger partial charge in [0, 0.05) is 19.4 Å². The lowest BCUT2D eigenvalue weighted by molar-refractivity contribution is -0.134. The lowest BCUT2D eigenvalue weighted by atomic mass is 9.88. The lowest BCUT2D eigenvalue weighted by Crippen LogP contribution is -2.53. The molecule has 1 N–H and O–H groups in total. The Morgan fingerprint density at radius 2 is 1.81 bits per heavy atom. The minimum Gasteiger partial charge on any atom is -0.492 e. The molecule has 0 aromatic heterocycles. The second kappa shape index (κ2) is 11.4. The molecular formula is C24H28ClF2NO4. The zero-order valence-corrected chi connectivity index (χ0v) is 18.7. The number of ketones is 1. The van der Waals surface area contributed by atoms with Gasteiger partial charge in [0.2, 0.25) is 0 Å². The fourth-order valence-electron chi connectivity index (χ4n) is 3.92. The number of hydrogen-bond acceptors (Lipinski definition) is 4. The third-order valence-electron chi connectivity index (χ3n) is 5.65. The number of likely N-dealkylation sites (tertiary alicyclic amines) is 1. The molecule has 1 heterocycles. The summed E-state index contributed by atoms with van der Waals surface area (Å²) >= 11 is 0. The predicted octanol–water partition coefficient (Wildman–Crippen LogP) is 5.05. The van der Waals surface area contributed by atoms with Crippen molar-refractivity contribution in [1.29, 1.82) is 0 Å². The number of carbonyl (C=O) groups excluding carboxylic acids is 1. The van der Waals surface area contributed by atoms with Crippen LogP contribution in [-0.4, -0.2) is 53.4 Å². The van der Waals surface area contributed by atoms with Crippen LogP contribution in [0.3, 0.4) is 0 Å². The number of Topliss-reactive ketones (excluding diaryl/α,β-unsaturated/α-hetero) is 1. The Kier molecular flexibility index (Phi) is 9.16. The van der Waals surface area contributed by atoms with Crippen LogP contribution < -0.4 is 4.74 Å². The van der Waals surface area contributed by atoms with Gasteiger partial charge < -0.3 is 9.84 Å². The molecule has 0 amide bonds. The van der Waals surface area contributed by atoms with Crippen LogP contribution in [0.1, 0.15) is 48.0 Å². The Labute approximate surface area is 192 Å². The van der Waals surface area contributed by atoms with Crippen LogP contribution in [0.15, 0.2) is 54.6 Å². The number of halogens is 3. The summed E-state index contributed by atoms with van der Waals surface area (Å²) in [5.41, 5.74) is 1.03. The summed E-state index contributed by atoms with van der Waals surface area (Å²) in [5.74, 6) is -3.38. The van der Waals surface area contributed by atoms with Crippen molar-refractivity contribution in [3.05, 3.63) is 65.7 Å². The molecule has 8 heteroatoms. The Morgan fingerprint density at radius 1 is 1.16 bits per heavy atom. The molecule has 32 heavy (non-hydrogen) atoms. The van der Waals surface area contributed by atoms with Gasteiger partial charge in [-0.3, -0.25) is 9.69 Å². The van der Waals surface area contributed by atoms with Gasteiger partial charge >= 0.3 is 5.97 Å². The van der Waals surface area contributed by atoms with Gasteiger partial charge in [-0.1, -0.05) is 37.3 Å². The third-order valence-corrected chi connectivity index (χ3v) is 5.65. The van der Waals surface area contributed by atoms with E-state index in [2.05, 4.69) is 0 Å². The zero-order valence-electron chi connectivity index (χ0n) is 17.9. The van der Waals surface area contributed by atoms with Crippen molar-refractivity contribution in [3.63, 3.8) is 0 Å². The van der Waals surface area contributed by atoms with Gasteiger partial charge in [-0.25, -0.2) is 13.6 Å². The maximum absolute atomic E-state index is 14.0. The number of aromatic carboxylic acids is 1. The highest BCUT2D eigenvalue weighted by atomic mass is 35.5. The fourth-order valence-corrected chi connectivity index (χ4v) is 3.92. The Balaban J connectivity index is 0.00000363. The molecule has 5 nitrogen and oxygen atoms in total. The van der Waals surface area contributed by atoms with E-state index in [0.717, 1.165) is 5.56 Å². The molecule has 2 atom stereocenters. The Morgan fingerprint density at radius 3 is 2.44 bits per heavy atom. The quantitative estimate of drug-likeness (QED) is 0.559. The van der Waals surface area contributed by atoms with Crippen LogP contribution in [0.5, 0.6) is 5.75 Å². The van der Waals surface area contributed by atoms with Crippen molar-refractivity contribution in [1.82, 2.24) is 4.90 Å². The molecule has 0 spiro atoms. The smallest absolute Gasteiger partial charge is 0.335 e. The largest absolute Gasteiger partial charge is 0.492 e. The van der Waals surface area contributed by atoms with Crippen molar-refractivity contribution < 1.29 is 28.2 Å². The molecule has 3 rings (SSSR count). The van der Waals surface area contributed by atoms with Crippen LogP contribution in [0.2, 0.25) is 0 Å². The second-order valence-corrected chi connectivity index (χ2v) is 8.04. The van der Waals surface area contributed by atoms with Crippen molar-refractivity contribution in [2.45, 2.75) is 44.1 Å². The van der Waals surface area contributed by atoms with Crippen LogP contribution in [0, 0.1) is 0 Å². The molecule has 2 aromatic carbocycles. The van der Waals surface area contributed by atoms with Gasteiger partial charge in [0.25, 0.3) is 5.92 Å². The standard InChI is InChI=1S/C24H27F2NO4.ClH/c1-17(18-7-9-19(10-8-18)23(29)30)15-22(28)21-11-12-24(25,26)16-27(21)13-14-31-20-5-3-2-4-6-20;/h2-10,17,21H,11-16H2,1H3,(H,29,30);1H/t17-,21-;/m1./s1. The molecule has 0 saturated carbocycles. The number of benzene rings is 2. The fraction of sp³-hybridized carbons (Fsp3) is 0.417. The summed E-state index contributed by atoms with van der Waals surface area (Å²) in [6.07, 6.45) is 0.0156. The zero-order chi connectivity index (χ0) is 22.4. The van der Waals surface area contributed by atoms with E-state index in [0.29, 0.717) is 5.75 Å². The highest BCUT2D eigenvalue weighted by Crippen LogP contribution is 2.32. The number of carboxylic acids is 1. The van der Waals surface area contributed by atoms with E-state index in [4.69, 9.17) is 9.84 Å². The number of carboxylic acid groups (broad SMARTS) is 1. The molecule has 1 saturated heterocycles. The summed E-state index contributed by atoms with van der Waals surface area (Å²) in [6.45, 7) is 1.88. The summed E-state index contributed by atoms with van der Waals surface area (Å²) < 4.78 is 33.7. The summed E-state index contributed by atoms with van der Waals surface area (Å²) in [4.78, 5) is 25.5. The molecule has 2 aromatic rings. The molecule has 1 aliphatic rings. The lowest BCUT2D eigenvalue weighted by Gasteiger charge is -2.38. The predicted molar refractivity (Wildman–Crippen MR) is 120 cm³/mol. The maximum Gasteiger partial charge on any atom is 0.335 e. The van der Waals surface area contributed by atoms with E-state index in [9.17, 15) is 18.4 Å². The Hall–Kier alpha value is -2.51. The van der Waals surface area contributed by atoms with E-state index in [1.807, 2.05) is 25.1 Å². The van der Waals surface area contributed by atoms with Crippen molar-refractivity contribution in [2.24, 2.45) is 0 Å². The highest BCUT2D eigenvalue weighted by Gasteiger charge is 2.42. The third kappa shape index (κ3) is 7.00. The molecule has 0 radical (unpaired) electrons. The van der Waals surface area contributed by atoms with Crippen LogP contribution in [0.4, 0.5) is 8.78 Å². The van der Waals surface area contributed by atoms with Crippen molar-refractivity contribution in [2.75, 3.05) is 19.7 Å². The van der Waals surface area contributed by atoms with E-state index >= 15 is 0 Å². The average Bonchev–Trinajstić information content (AvgIpc) is 2.74. The first-order valence-corrected chi connectivity index (χ1v) is 10.4. The van der Waals surface area contributed by atoms with Gasteiger partial charge in [-0.05, 0) is 42.2 Å². The molecular weight excluding hydrogens is 440 g/mol. The maximum atomic E-state index is 14.0. The average molecular weight is 468 g/mol. The summed E-state index contributed by atoms with van der Waals surface area (Å²) in [7, 11) is 0. The van der Waals surface area contributed by atoms with Crippen LogP contribution >= 0.6 is 12.4 Å². The number of nitrogens with zero attached hydrogens (tertiary/aromatic N) is 1. The van der Waals surface area contributed by atoms with E-state index in [-0.39, 0.29) is 62.1 Å². The number of carbonyl (C=O) groups is 2. The van der Waals surface area contributed by atoms with Gasteiger partial charge in [0.1, 0.15) is 12.4 Å². The number of alkyl halides is 2. The first-order valence-electron chi connectivity index (χ1n) is 10.4. The SMILES string of the molecule is C[C@H](CC(=O)[C@H]1CCC(F)(F)CN1CCOc1ccccc1)c1ccc(C(=O)O)cc1.Cl. The normalized spacial score (nSPS) is 18.9. The van der Waals surface area contributed by atoms with Crippen molar-refractivity contribution in [3.8, 4) is 5.75 Å². The summed E-state index contributed by atoms with van der Waals surface area (Å²) in [6, 6.07) is 15.0. The van der Waals surface area contributed by atoms with Crippen LogP contribution in [-0.2, 0) is 4.79 Å². The molecule has 1 aliphatic heterocycles. The first kappa shape index (κ1) is 25.7. The minimum absolute atomic E-state index is 0. The number of hydrogen-bond donors (Lipinski definition) is 1. The monoisotopic (exact) mass is 467 g/mol. The van der Waals surface area contributed by atoms with Crippen molar-refractivity contribution >= 4 is 24.2 Å². The second-order valence-electron chi connectivity index (χ2n) is 8.04. The van der Waals surface area contributed by atoms with E-state index in [1.54, 1.807) is 24.3 Å². The molecule has 1 fully saturated rings. The molecule has 0 unspecified atom stereocenters. The molecule has 0 aliphatic carbocycles. The first-order chi connectivity index (χ1) is 14.7. The number of para-hydroxylation sites is 1. The van der Waals surface area contributed by atoms with Gasteiger partial charge in [-0.15, -0.1) is 12.4 Å². The number of piperidine rings is 1. The van der Waals surface area contributed by atoms with Gasteiger partial charge in [0.15, 0.2) is 5.78 Å². The van der Waals surface area contributed by atoms with E-state index < -0.39 is 24.5 Å². The minimum atomic E-state index is -2.82. The highest BCUT2D eigenvalue weighted by molar-refractivity contribution is 5.87. The molecule has 0 bridgehead atoms. The number of rotatable bonds is 9. The van der Waals surface area contributed by atoms with E-state index in [1.165, 1.54) is 17.0 Å². The Bertz CT molecular complexity index is 893.